The third-order valence-electron chi connectivity index (χ3n) is 3.77. The Labute approximate surface area is 121 Å². The molecule has 4 rings (SSSR count). The summed E-state index contributed by atoms with van der Waals surface area (Å²) in [6.07, 6.45) is 2.05. The van der Waals surface area contributed by atoms with E-state index in [1.165, 1.54) is 0 Å². The molecule has 104 valence electrons. The summed E-state index contributed by atoms with van der Waals surface area (Å²) in [7, 11) is 1.63. The van der Waals surface area contributed by atoms with Crippen molar-refractivity contribution in [3.05, 3.63) is 42.1 Å². The highest BCUT2D eigenvalue weighted by molar-refractivity contribution is 6.04. The number of ether oxygens (including phenoxy) is 1. The van der Waals surface area contributed by atoms with Crippen LogP contribution >= 0.6 is 0 Å². The number of nitrogens with one attached hydrogen (secondary N) is 2. The lowest BCUT2D eigenvalue weighted by atomic mass is 10.1. The van der Waals surface area contributed by atoms with Crippen LogP contribution in [0.2, 0.25) is 0 Å². The molecule has 1 amide bonds. The van der Waals surface area contributed by atoms with Crippen LogP contribution in [0.5, 0.6) is 5.75 Å². The number of pyridine rings is 1. The molecule has 0 bridgehead atoms. The van der Waals surface area contributed by atoms with Crippen molar-refractivity contribution < 1.29 is 9.53 Å². The summed E-state index contributed by atoms with van der Waals surface area (Å²) in [5.74, 6) is 0.738. The van der Waals surface area contributed by atoms with Crippen LogP contribution < -0.4 is 10.1 Å². The Morgan fingerprint density at radius 3 is 3.05 bits per heavy atom. The number of nitrogens with zero attached hydrogens (tertiary/aromatic N) is 1. The molecule has 0 atom stereocenters. The quantitative estimate of drug-likeness (QED) is 0.719. The third kappa shape index (κ3) is 1.78. The Morgan fingerprint density at radius 2 is 2.19 bits per heavy atom. The molecule has 0 unspecified atom stereocenters. The lowest BCUT2D eigenvalue weighted by Crippen LogP contribution is -2.12. The summed E-state index contributed by atoms with van der Waals surface area (Å²) in [4.78, 5) is 19.9. The van der Waals surface area contributed by atoms with E-state index in [1.54, 1.807) is 13.3 Å². The molecule has 1 aliphatic rings. The van der Waals surface area contributed by atoms with Gasteiger partial charge in [-0.05, 0) is 35.9 Å². The van der Waals surface area contributed by atoms with E-state index in [4.69, 9.17) is 4.74 Å². The predicted molar refractivity (Wildman–Crippen MR) is 80.4 cm³/mol. The average molecular weight is 279 g/mol. The Balaban J connectivity index is 2.06. The molecule has 0 fully saturated rings. The monoisotopic (exact) mass is 279 g/mol. The first kappa shape index (κ1) is 12.0. The van der Waals surface area contributed by atoms with Gasteiger partial charge >= 0.3 is 0 Å². The van der Waals surface area contributed by atoms with Crippen LogP contribution in [0.15, 0.2) is 36.5 Å². The molecule has 3 heterocycles. The zero-order valence-corrected chi connectivity index (χ0v) is 11.4. The van der Waals surface area contributed by atoms with Crippen LogP contribution in [0.3, 0.4) is 0 Å². The first-order valence-corrected chi connectivity index (χ1v) is 6.70. The molecule has 21 heavy (non-hydrogen) atoms. The maximum atomic E-state index is 12.1. The molecule has 5 nitrogen and oxygen atoms in total. The number of carbonyl (C=O) groups excluding carboxylic acids is 1. The summed E-state index contributed by atoms with van der Waals surface area (Å²) in [6, 6.07) is 9.49. The van der Waals surface area contributed by atoms with E-state index in [2.05, 4.69) is 15.3 Å². The number of hydrogen-bond donors (Lipinski definition) is 2. The van der Waals surface area contributed by atoms with Gasteiger partial charge in [0.2, 0.25) is 5.91 Å². The normalized spacial score (nSPS) is 13.3. The molecule has 0 radical (unpaired) electrons. The van der Waals surface area contributed by atoms with Gasteiger partial charge in [-0.15, -0.1) is 0 Å². The van der Waals surface area contributed by atoms with Crippen molar-refractivity contribution in [1.82, 2.24) is 9.97 Å². The largest absolute Gasteiger partial charge is 0.497 e. The molecule has 3 aromatic rings. The number of methoxy groups -OCH3 is 1. The highest BCUT2D eigenvalue weighted by atomic mass is 16.5. The van der Waals surface area contributed by atoms with Crippen LogP contribution in [-0.2, 0) is 11.2 Å². The summed E-state index contributed by atoms with van der Waals surface area (Å²) in [5.41, 5.74) is 4.34. The molecule has 0 saturated heterocycles. The Morgan fingerprint density at radius 1 is 1.29 bits per heavy atom. The van der Waals surface area contributed by atoms with E-state index in [9.17, 15) is 4.79 Å². The molecule has 1 aromatic carbocycles. The fourth-order valence-electron chi connectivity index (χ4n) is 2.80. The molecule has 0 aliphatic carbocycles. The highest BCUT2D eigenvalue weighted by Gasteiger charge is 2.23. The fraction of sp³-hybridized carbons (Fsp3) is 0.125. The van der Waals surface area contributed by atoms with Crippen LogP contribution in [0.25, 0.3) is 22.3 Å². The number of rotatable bonds is 1. The van der Waals surface area contributed by atoms with E-state index in [0.717, 1.165) is 39.3 Å². The molecular weight excluding hydrogens is 266 g/mol. The molecule has 1 aliphatic heterocycles. The van der Waals surface area contributed by atoms with Crippen molar-refractivity contribution in [2.45, 2.75) is 6.42 Å². The van der Waals surface area contributed by atoms with Crippen molar-refractivity contribution in [2.75, 3.05) is 12.4 Å². The number of carbonyl (C=O) groups is 1. The van der Waals surface area contributed by atoms with E-state index < -0.39 is 0 Å². The van der Waals surface area contributed by atoms with Crippen molar-refractivity contribution in [1.29, 1.82) is 0 Å². The number of anilines is 1. The summed E-state index contributed by atoms with van der Waals surface area (Å²) in [6.45, 7) is 0. The van der Waals surface area contributed by atoms with Crippen molar-refractivity contribution in [3.8, 4) is 17.1 Å². The second-order valence-electron chi connectivity index (χ2n) is 5.01. The van der Waals surface area contributed by atoms with Gasteiger partial charge in [-0.3, -0.25) is 9.78 Å². The number of H-pyrrole nitrogens is 1. The van der Waals surface area contributed by atoms with Gasteiger partial charge in [-0.1, -0.05) is 0 Å². The first-order chi connectivity index (χ1) is 10.3. The smallest absolute Gasteiger partial charge is 0.228 e. The van der Waals surface area contributed by atoms with Crippen LogP contribution in [0, 0.1) is 0 Å². The number of fused-ring (bicyclic) bond motifs is 5. The molecule has 2 aromatic heterocycles. The number of amides is 1. The summed E-state index contributed by atoms with van der Waals surface area (Å²) in [5, 5.41) is 3.89. The number of benzene rings is 1. The summed E-state index contributed by atoms with van der Waals surface area (Å²) >= 11 is 0. The predicted octanol–water partition coefficient (Wildman–Crippen LogP) is 2.73. The molecule has 5 heteroatoms. The van der Waals surface area contributed by atoms with Gasteiger partial charge in [0.15, 0.2) is 0 Å². The first-order valence-electron chi connectivity index (χ1n) is 6.70. The minimum atomic E-state index is -0.0354. The number of hydrogen-bond acceptors (Lipinski definition) is 3. The van der Waals surface area contributed by atoms with Crippen LogP contribution in [-0.4, -0.2) is 23.0 Å². The van der Waals surface area contributed by atoms with Crippen molar-refractivity contribution in [3.63, 3.8) is 0 Å². The lowest BCUT2D eigenvalue weighted by Gasteiger charge is -2.04. The van der Waals surface area contributed by atoms with Crippen LogP contribution in [0.4, 0.5) is 5.69 Å². The maximum absolute atomic E-state index is 12.1. The van der Waals surface area contributed by atoms with Gasteiger partial charge in [-0.25, -0.2) is 0 Å². The lowest BCUT2D eigenvalue weighted by molar-refractivity contribution is -0.115. The zero-order valence-electron chi connectivity index (χ0n) is 11.4. The standard InChI is InChI=1S/C16H13N3O2/c1-21-9-4-5-12-10(7-9)11-8-14(20)18-13-3-2-6-17-16(13)15(11)19-12/h2-7,19H,8H2,1H3,(H,18,20). The number of aromatic nitrogens is 2. The van der Waals surface area contributed by atoms with Gasteiger partial charge in [0, 0.05) is 17.1 Å². The SMILES string of the molecule is COc1ccc2[nH]c3c(c2c1)CC(=O)Nc1cccnc1-3. The molecule has 0 saturated carbocycles. The minimum Gasteiger partial charge on any atom is -0.497 e. The Bertz CT molecular complexity index is 867. The van der Waals surface area contributed by atoms with Gasteiger partial charge in [-0.2, -0.15) is 0 Å². The van der Waals surface area contributed by atoms with E-state index in [-0.39, 0.29) is 5.91 Å². The summed E-state index contributed by atoms with van der Waals surface area (Å²) < 4.78 is 5.28. The maximum Gasteiger partial charge on any atom is 0.228 e. The molecule has 0 spiro atoms. The Hall–Kier alpha value is -2.82. The van der Waals surface area contributed by atoms with Gasteiger partial charge in [0.1, 0.15) is 11.4 Å². The second-order valence-corrected chi connectivity index (χ2v) is 5.01. The van der Waals surface area contributed by atoms with E-state index in [1.807, 2.05) is 30.3 Å². The van der Waals surface area contributed by atoms with Gasteiger partial charge in [0.25, 0.3) is 0 Å². The van der Waals surface area contributed by atoms with Crippen molar-refractivity contribution in [2.24, 2.45) is 0 Å². The minimum absolute atomic E-state index is 0.0354. The van der Waals surface area contributed by atoms with E-state index in [0.29, 0.717) is 6.42 Å². The van der Waals surface area contributed by atoms with E-state index >= 15 is 0 Å². The second kappa shape index (κ2) is 4.34. The fourth-order valence-corrected chi connectivity index (χ4v) is 2.80. The number of aromatic amines is 1. The Kier molecular flexibility index (Phi) is 2.47. The topological polar surface area (TPSA) is 67.0 Å². The highest BCUT2D eigenvalue weighted by Crippen LogP contribution is 2.36. The van der Waals surface area contributed by atoms with Gasteiger partial charge in [0.05, 0.1) is 24.9 Å². The van der Waals surface area contributed by atoms with Gasteiger partial charge < -0.3 is 15.0 Å². The molecule has 2 N–H and O–H groups in total. The zero-order chi connectivity index (χ0) is 14.4. The molecular formula is C16H13N3O2. The van der Waals surface area contributed by atoms with Crippen LogP contribution in [0.1, 0.15) is 5.56 Å². The van der Waals surface area contributed by atoms with Crippen molar-refractivity contribution >= 4 is 22.5 Å². The average Bonchev–Trinajstić information content (AvgIpc) is 2.78. The third-order valence-corrected chi connectivity index (χ3v) is 3.77.